The third-order valence-corrected chi connectivity index (χ3v) is 3.78. The molecular weight excluding hydrogens is 306 g/mol. The first kappa shape index (κ1) is 15.8. The number of carbonyl (C=O) groups excluding carboxylic acids is 1. The molecule has 0 aliphatic heterocycles. The van der Waals surface area contributed by atoms with Crippen molar-refractivity contribution >= 4 is 16.9 Å². The summed E-state index contributed by atoms with van der Waals surface area (Å²) in [6.07, 6.45) is 0. The fourth-order valence-electron chi connectivity index (χ4n) is 2.50. The summed E-state index contributed by atoms with van der Waals surface area (Å²) in [6.45, 7) is 2.17. The van der Waals surface area contributed by atoms with Crippen LogP contribution in [-0.4, -0.2) is 13.0 Å². The molecule has 5 heteroatoms. The number of amides is 1. The van der Waals surface area contributed by atoms with Gasteiger partial charge in [0.05, 0.1) is 7.11 Å². The lowest BCUT2D eigenvalue weighted by Gasteiger charge is -2.08. The summed E-state index contributed by atoms with van der Waals surface area (Å²) in [5.41, 5.74) is 2.35. The average molecular weight is 323 g/mol. The molecule has 0 aliphatic rings. The van der Waals surface area contributed by atoms with Crippen molar-refractivity contribution in [2.75, 3.05) is 7.11 Å². The zero-order valence-electron chi connectivity index (χ0n) is 13.5. The molecule has 0 aliphatic carbocycles. The second-order valence-corrected chi connectivity index (χ2v) is 5.50. The first-order chi connectivity index (χ1) is 11.6. The molecule has 3 rings (SSSR count). The Hall–Kier alpha value is -3.08. The maximum absolute atomic E-state index is 12.2. The topological polar surface area (TPSA) is 68.5 Å². The molecule has 122 valence electrons. The van der Waals surface area contributed by atoms with Gasteiger partial charge in [-0.25, -0.2) is 4.79 Å². The van der Waals surface area contributed by atoms with E-state index in [9.17, 15) is 9.59 Å². The largest absolute Gasteiger partial charge is 0.497 e. The Balaban J connectivity index is 1.82. The molecule has 5 nitrogen and oxygen atoms in total. The van der Waals surface area contributed by atoms with E-state index < -0.39 is 5.63 Å². The Bertz CT molecular complexity index is 942. The Morgan fingerprint density at radius 1 is 1.12 bits per heavy atom. The summed E-state index contributed by atoms with van der Waals surface area (Å²) >= 11 is 0. The van der Waals surface area contributed by atoms with Crippen molar-refractivity contribution in [1.82, 2.24) is 5.32 Å². The number of hydrogen-bond donors (Lipinski definition) is 1. The van der Waals surface area contributed by atoms with Crippen LogP contribution in [0.5, 0.6) is 5.75 Å². The van der Waals surface area contributed by atoms with Gasteiger partial charge in [-0.3, -0.25) is 4.79 Å². The van der Waals surface area contributed by atoms with Crippen molar-refractivity contribution in [3.05, 3.63) is 75.6 Å². The van der Waals surface area contributed by atoms with Crippen LogP contribution in [0.3, 0.4) is 0 Å². The van der Waals surface area contributed by atoms with Crippen molar-refractivity contribution in [2.24, 2.45) is 0 Å². The first-order valence-electron chi connectivity index (χ1n) is 7.52. The van der Waals surface area contributed by atoms with E-state index in [0.717, 1.165) is 16.5 Å². The number of aryl methyl sites for hydroxylation is 1. The molecule has 0 radical (unpaired) electrons. The molecule has 0 fully saturated rings. The molecule has 0 saturated heterocycles. The van der Waals surface area contributed by atoms with E-state index in [0.29, 0.717) is 16.9 Å². The fraction of sp³-hybridized carbons (Fsp3) is 0.158. The summed E-state index contributed by atoms with van der Waals surface area (Å²) in [4.78, 5) is 23.9. The van der Waals surface area contributed by atoms with E-state index in [1.165, 1.54) is 6.07 Å². The van der Waals surface area contributed by atoms with E-state index >= 15 is 0 Å². The van der Waals surface area contributed by atoms with E-state index in [1.54, 1.807) is 31.4 Å². The maximum Gasteiger partial charge on any atom is 0.336 e. The Labute approximate surface area is 138 Å². The molecule has 1 heterocycles. The highest BCUT2D eigenvalue weighted by Gasteiger charge is 2.09. The summed E-state index contributed by atoms with van der Waals surface area (Å²) in [7, 11) is 1.57. The fourth-order valence-corrected chi connectivity index (χ4v) is 2.50. The molecule has 0 unspecified atom stereocenters. The minimum atomic E-state index is -0.429. The molecular formula is C19H17NO4. The predicted octanol–water partition coefficient (Wildman–Crippen LogP) is 3.04. The van der Waals surface area contributed by atoms with Crippen LogP contribution in [0.25, 0.3) is 11.0 Å². The van der Waals surface area contributed by atoms with Crippen molar-refractivity contribution < 1.29 is 13.9 Å². The van der Waals surface area contributed by atoms with Gasteiger partial charge in [0.1, 0.15) is 11.3 Å². The SMILES string of the molecule is COc1ccc(C(=O)NCc2cc(=O)oc3cc(C)ccc23)cc1. The van der Waals surface area contributed by atoms with Crippen LogP contribution in [0.4, 0.5) is 0 Å². The highest BCUT2D eigenvalue weighted by molar-refractivity contribution is 5.94. The molecule has 0 atom stereocenters. The lowest BCUT2D eigenvalue weighted by atomic mass is 10.1. The third-order valence-electron chi connectivity index (χ3n) is 3.78. The van der Waals surface area contributed by atoms with Crippen molar-refractivity contribution in [2.45, 2.75) is 13.5 Å². The van der Waals surface area contributed by atoms with E-state index in [1.807, 2.05) is 25.1 Å². The Kier molecular flexibility index (Phi) is 4.33. The molecule has 0 spiro atoms. The molecule has 1 aromatic heterocycles. The van der Waals surface area contributed by atoms with Crippen LogP contribution in [0.1, 0.15) is 21.5 Å². The van der Waals surface area contributed by atoms with Gasteiger partial charge in [0.15, 0.2) is 0 Å². The monoisotopic (exact) mass is 323 g/mol. The highest BCUT2D eigenvalue weighted by Crippen LogP contribution is 2.18. The van der Waals surface area contributed by atoms with E-state index in [-0.39, 0.29) is 12.5 Å². The van der Waals surface area contributed by atoms with Crippen molar-refractivity contribution in [3.63, 3.8) is 0 Å². The van der Waals surface area contributed by atoms with Gasteiger partial charge in [-0.05, 0) is 48.4 Å². The summed E-state index contributed by atoms with van der Waals surface area (Å²) in [6, 6.07) is 13.9. The average Bonchev–Trinajstić information content (AvgIpc) is 2.59. The highest BCUT2D eigenvalue weighted by atomic mass is 16.5. The number of hydrogen-bond acceptors (Lipinski definition) is 4. The van der Waals surface area contributed by atoms with E-state index in [2.05, 4.69) is 5.32 Å². The summed E-state index contributed by atoms with van der Waals surface area (Å²) in [5.74, 6) is 0.472. The minimum Gasteiger partial charge on any atom is -0.497 e. The van der Waals surface area contributed by atoms with Gasteiger partial charge in [0.2, 0.25) is 0 Å². The Morgan fingerprint density at radius 3 is 2.58 bits per heavy atom. The van der Waals surface area contributed by atoms with Crippen LogP contribution in [0.2, 0.25) is 0 Å². The van der Waals surface area contributed by atoms with Gasteiger partial charge in [0.25, 0.3) is 5.91 Å². The molecule has 24 heavy (non-hydrogen) atoms. The van der Waals surface area contributed by atoms with Crippen LogP contribution >= 0.6 is 0 Å². The smallest absolute Gasteiger partial charge is 0.336 e. The zero-order valence-corrected chi connectivity index (χ0v) is 13.5. The van der Waals surface area contributed by atoms with Crippen LogP contribution in [0, 0.1) is 6.92 Å². The van der Waals surface area contributed by atoms with Gasteiger partial charge in [-0.15, -0.1) is 0 Å². The van der Waals surface area contributed by atoms with E-state index in [4.69, 9.17) is 9.15 Å². The maximum atomic E-state index is 12.2. The molecule has 1 amide bonds. The minimum absolute atomic E-state index is 0.217. The van der Waals surface area contributed by atoms with Gasteiger partial charge in [-0.1, -0.05) is 12.1 Å². The summed E-state index contributed by atoms with van der Waals surface area (Å²) < 4.78 is 10.3. The van der Waals surface area contributed by atoms with Crippen molar-refractivity contribution in [1.29, 1.82) is 0 Å². The molecule has 0 saturated carbocycles. The van der Waals surface area contributed by atoms with Gasteiger partial charge in [-0.2, -0.15) is 0 Å². The second kappa shape index (κ2) is 6.58. The third kappa shape index (κ3) is 3.30. The number of methoxy groups -OCH3 is 1. The molecule has 1 N–H and O–H groups in total. The first-order valence-corrected chi connectivity index (χ1v) is 7.52. The number of benzene rings is 2. The number of fused-ring (bicyclic) bond motifs is 1. The molecule has 2 aromatic carbocycles. The van der Waals surface area contributed by atoms with Crippen LogP contribution in [-0.2, 0) is 6.54 Å². The number of ether oxygens (including phenoxy) is 1. The molecule has 0 bridgehead atoms. The van der Waals surface area contributed by atoms with Gasteiger partial charge in [0, 0.05) is 23.6 Å². The number of carbonyl (C=O) groups is 1. The summed E-state index contributed by atoms with van der Waals surface area (Å²) in [5, 5.41) is 3.64. The number of nitrogens with one attached hydrogen (secondary N) is 1. The standard InChI is InChI=1S/C19H17NO4/c1-12-3-8-16-14(10-18(21)24-17(16)9-12)11-20-19(22)13-4-6-15(23-2)7-5-13/h3-10H,11H2,1-2H3,(H,20,22). The normalized spacial score (nSPS) is 10.6. The lowest BCUT2D eigenvalue weighted by molar-refractivity contribution is 0.0951. The quantitative estimate of drug-likeness (QED) is 0.749. The van der Waals surface area contributed by atoms with Crippen molar-refractivity contribution in [3.8, 4) is 5.75 Å². The van der Waals surface area contributed by atoms with Crippen LogP contribution in [0.15, 0.2) is 57.7 Å². The lowest BCUT2D eigenvalue weighted by Crippen LogP contribution is -2.23. The predicted molar refractivity (Wildman–Crippen MR) is 91.4 cm³/mol. The number of rotatable bonds is 4. The Morgan fingerprint density at radius 2 is 1.88 bits per heavy atom. The van der Waals surface area contributed by atoms with Gasteiger partial charge >= 0.3 is 5.63 Å². The molecule has 3 aromatic rings. The van der Waals surface area contributed by atoms with Crippen LogP contribution < -0.4 is 15.7 Å². The second-order valence-electron chi connectivity index (χ2n) is 5.50. The zero-order chi connectivity index (χ0) is 17.1. The van der Waals surface area contributed by atoms with Gasteiger partial charge < -0.3 is 14.5 Å².